The molecular weight excluding hydrogens is 267 g/mol. The van der Waals surface area contributed by atoms with Gasteiger partial charge in [0.1, 0.15) is 11.6 Å². The molecule has 1 aliphatic carbocycles. The highest BCUT2D eigenvalue weighted by Crippen LogP contribution is 2.41. The van der Waals surface area contributed by atoms with Crippen molar-refractivity contribution in [3.63, 3.8) is 0 Å². The predicted octanol–water partition coefficient (Wildman–Crippen LogP) is 3.61. The van der Waals surface area contributed by atoms with Crippen molar-refractivity contribution in [3.8, 4) is 11.8 Å². The molecule has 1 unspecified atom stereocenters. The summed E-state index contributed by atoms with van der Waals surface area (Å²) in [6, 6.07) is 14.7. The molecule has 21 heavy (non-hydrogen) atoms. The van der Waals surface area contributed by atoms with E-state index in [-0.39, 0.29) is 5.82 Å². The average molecular weight is 282 g/mol. The van der Waals surface area contributed by atoms with Crippen LogP contribution in [0.25, 0.3) is 0 Å². The second-order valence-electron chi connectivity index (χ2n) is 5.11. The van der Waals surface area contributed by atoms with Gasteiger partial charge in [-0.15, -0.1) is 0 Å². The van der Waals surface area contributed by atoms with Crippen molar-refractivity contribution in [2.24, 2.45) is 0 Å². The summed E-state index contributed by atoms with van der Waals surface area (Å²) in [5, 5.41) is 13.0. The number of ether oxygens (including phenoxy) is 1. The van der Waals surface area contributed by atoms with Crippen LogP contribution in [0.5, 0.6) is 5.75 Å². The highest BCUT2D eigenvalue weighted by Gasteiger charge is 2.40. The molecule has 1 atom stereocenters. The molecule has 0 saturated carbocycles. The van der Waals surface area contributed by atoms with E-state index in [1.165, 1.54) is 6.07 Å². The zero-order valence-corrected chi connectivity index (χ0v) is 11.7. The van der Waals surface area contributed by atoms with Crippen LogP contribution >= 0.6 is 0 Å². The first-order valence-electron chi connectivity index (χ1n) is 6.80. The maximum Gasteiger partial charge on any atom is 0.151 e. The number of anilines is 1. The van der Waals surface area contributed by atoms with Crippen LogP contribution in [0.2, 0.25) is 0 Å². The third kappa shape index (κ3) is 2.11. The first-order chi connectivity index (χ1) is 10.2. The van der Waals surface area contributed by atoms with Gasteiger partial charge in [0.2, 0.25) is 0 Å². The zero-order chi connectivity index (χ0) is 14.9. The van der Waals surface area contributed by atoms with Crippen LogP contribution in [0.3, 0.4) is 0 Å². The van der Waals surface area contributed by atoms with E-state index in [1.54, 1.807) is 13.2 Å². The summed E-state index contributed by atoms with van der Waals surface area (Å²) in [4.78, 5) is 0. The summed E-state index contributed by atoms with van der Waals surface area (Å²) >= 11 is 0. The Balaban J connectivity index is 2.05. The van der Waals surface area contributed by atoms with Crippen molar-refractivity contribution in [3.05, 3.63) is 59.4 Å². The predicted molar refractivity (Wildman–Crippen MR) is 78.6 cm³/mol. The van der Waals surface area contributed by atoms with Crippen molar-refractivity contribution < 1.29 is 9.13 Å². The van der Waals surface area contributed by atoms with Crippen LogP contribution in [0.1, 0.15) is 17.5 Å². The molecule has 0 heterocycles. The van der Waals surface area contributed by atoms with Gasteiger partial charge in [0.25, 0.3) is 0 Å². The van der Waals surface area contributed by atoms with Crippen molar-refractivity contribution in [2.45, 2.75) is 18.4 Å². The van der Waals surface area contributed by atoms with Crippen LogP contribution in [0.4, 0.5) is 10.1 Å². The number of nitriles is 1. The molecule has 4 heteroatoms. The molecule has 2 aromatic carbocycles. The number of para-hydroxylation sites is 2. The molecule has 3 rings (SSSR count). The number of hydrogen-bond donors (Lipinski definition) is 1. The van der Waals surface area contributed by atoms with Crippen molar-refractivity contribution >= 4 is 5.69 Å². The van der Waals surface area contributed by atoms with E-state index in [4.69, 9.17) is 4.74 Å². The van der Waals surface area contributed by atoms with E-state index in [9.17, 15) is 9.65 Å². The Morgan fingerprint density at radius 1 is 1.24 bits per heavy atom. The quantitative estimate of drug-likeness (QED) is 0.935. The monoisotopic (exact) mass is 282 g/mol. The Morgan fingerprint density at radius 3 is 2.81 bits per heavy atom. The molecule has 0 amide bonds. The van der Waals surface area contributed by atoms with E-state index >= 15 is 0 Å². The molecule has 0 fully saturated rings. The van der Waals surface area contributed by atoms with Gasteiger partial charge in [-0.25, -0.2) is 4.39 Å². The minimum atomic E-state index is -0.911. The Bertz CT molecular complexity index is 723. The first-order valence-corrected chi connectivity index (χ1v) is 6.80. The van der Waals surface area contributed by atoms with Crippen LogP contribution in [-0.2, 0) is 12.0 Å². The van der Waals surface area contributed by atoms with Crippen LogP contribution in [0, 0.1) is 17.1 Å². The lowest BCUT2D eigenvalue weighted by Gasteiger charge is -2.26. The van der Waals surface area contributed by atoms with Gasteiger partial charge >= 0.3 is 0 Å². The molecule has 2 aromatic rings. The summed E-state index contributed by atoms with van der Waals surface area (Å²) in [5.41, 5.74) is 1.17. The lowest BCUT2D eigenvalue weighted by Crippen LogP contribution is -2.31. The fourth-order valence-electron chi connectivity index (χ4n) is 2.91. The van der Waals surface area contributed by atoms with E-state index in [2.05, 4.69) is 11.4 Å². The molecule has 0 aliphatic heterocycles. The maximum absolute atomic E-state index is 13.9. The summed E-state index contributed by atoms with van der Waals surface area (Å²) < 4.78 is 19.2. The van der Waals surface area contributed by atoms with Gasteiger partial charge < -0.3 is 10.1 Å². The SMILES string of the molecule is COc1ccccc1NC1(C#N)CCc2c(F)cccc21. The molecule has 0 radical (unpaired) electrons. The van der Waals surface area contributed by atoms with Crippen molar-refractivity contribution in [2.75, 3.05) is 12.4 Å². The molecule has 3 nitrogen and oxygen atoms in total. The molecule has 0 bridgehead atoms. The fourth-order valence-corrected chi connectivity index (χ4v) is 2.91. The number of nitrogens with one attached hydrogen (secondary N) is 1. The third-order valence-electron chi connectivity index (χ3n) is 3.97. The maximum atomic E-state index is 13.9. The fraction of sp³-hybridized carbons (Fsp3) is 0.235. The van der Waals surface area contributed by atoms with Crippen molar-refractivity contribution in [1.82, 2.24) is 0 Å². The van der Waals surface area contributed by atoms with Gasteiger partial charge in [-0.1, -0.05) is 24.3 Å². The standard InChI is InChI=1S/C17H15FN2O/c1-21-16-8-3-2-7-15(16)20-17(11-19)10-9-12-13(17)5-4-6-14(12)18/h2-8,20H,9-10H2,1H3. The number of halogens is 1. The number of fused-ring (bicyclic) bond motifs is 1. The number of nitrogens with zero attached hydrogens (tertiary/aromatic N) is 1. The topological polar surface area (TPSA) is 45.0 Å². The molecular formula is C17H15FN2O. The summed E-state index contributed by atoms with van der Waals surface area (Å²) in [6.07, 6.45) is 1.09. The second-order valence-corrected chi connectivity index (χ2v) is 5.11. The van der Waals surface area contributed by atoms with Crippen LogP contribution < -0.4 is 10.1 Å². The Hall–Kier alpha value is -2.54. The lowest BCUT2D eigenvalue weighted by atomic mass is 9.93. The largest absolute Gasteiger partial charge is 0.495 e. The second kappa shape index (κ2) is 5.10. The normalized spacial score (nSPS) is 19.7. The number of rotatable bonds is 3. The van der Waals surface area contributed by atoms with Gasteiger partial charge in [-0.3, -0.25) is 0 Å². The smallest absolute Gasteiger partial charge is 0.151 e. The number of methoxy groups -OCH3 is 1. The molecule has 0 spiro atoms. The third-order valence-corrected chi connectivity index (χ3v) is 3.97. The minimum absolute atomic E-state index is 0.244. The summed E-state index contributed by atoms with van der Waals surface area (Å²) in [6.45, 7) is 0. The lowest BCUT2D eigenvalue weighted by molar-refractivity contribution is 0.415. The molecule has 0 aromatic heterocycles. The molecule has 0 saturated heterocycles. The van der Waals surface area contributed by atoms with Gasteiger partial charge in [-0.05, 0) is 42.2 Å². The number of benzene rings is 2. The van der Waals surface area contributed by atoms with Gasteiger partial charge in [0.15, 0.2) is 5.54 Å². The number of hydrogen-bond acceptors (Lipinski definition) is 3. The van der Waals surface area contributed by atoms with Crippen molar-refractivity contribution in [1.29, 1.82) is 5.26 Å². The Morgan fingerprint density at radius 2 is 2.05 bits per heavy atom. The Labute approximate surface area is 123 Å². The van der Waals surface area contributed by atoms with Gasteiger partial charge in [0, 0.05) is 0 Å². The van der Waals surface area contributed by atoms with E-state index in [0.29, 0.717) is 24.2 Å². The summed E-state index contributed by atoms with van der Waals surface area (Å²) in [7, 11) is 1.59. The van der Waals surface area contributed by atoms with Gasteiger partial charge in [-0.2, -0.15) is 5.26 Å². The molecule has 106 valence electrons. The highest BCUT2D eigenvalue weighted by molar-refractivity contribution is 5.62. The first kappa shape index (κ1) is 13.4. The minimum Gasteiger partial charge on any atom is -0.495 e. The molecule has 1 N–H and O–H groups in total. The summed E-state index contributed by atoms with van der Waals surface area (Å²) in [5.74, 6) is 0.420. The van der Waals surface area contributed by atoms with Crippen LogP contribution in [-0.4, -0.2) is 7.11 Å². The van der Waals surface area contributed by atoms with E-state index in [1.807, 2.05) is 30.3 Å². The molecule has 1 aliphatic rings. The zero-order valence-electron chi connectivity index (χ0n) is 11.7. The van der Waals surface area contributed by atoms with E-state index in [0.717, 1.165) is 11.3 Å². The van der Waals surface area contributed by atoms with Crippen LogP contribution in [0.15, 0.2) is 42.5 Å². The van der Waals surface area contributed by atoms with E-state index < -0.39 is 5.54 Å². The Kier molecular flexibility index (Phi) is 3.26. The highest BCUT2D eigenvalue weighted by atomic mass is 19.1. The van der Waals surface area contributed by atoms with Gasteiger partial charge in [0.05, 0.1) is 18.9 Å². The average Bonchev–Trinajstić information content (AvgIpc) is 2.89.